The van der Waals surface area contributed by atoms with E-state index < -0.39 is 5.97 Å². The molecule has 0 saturated heterocycles. The van der Waals surface area contributed by atoms with Gasteiger partial charge in [-0.2, -0.15) is 0 Å². The molecule has 2 aromatic rings. The van der Waals surface area contributed by atoms with Crippen LogP contribution in [0, 0.1) is 0 Å². The van der Waals surface area contributed by atoms with Gasteiger partial charge in [-0.15, -0.1) is 11.3 Å². The number of hydrogen-bond donors (Lipinski definition) is 0. The summed E-state index contributed by atoms with van der Waals surface area (Å²) in [6.07, 6.45) is 0. The molecule has 1 heterocycles. The van der Waals surface area contributed by atoms with Crippen LogP contribution in [-0.2, 0) is 4.74 Å². The number of nitrogens with zero attached hydrogens (tertiary/aromatic N) is 1. The average molecular weight is 407 g/mol. The summed E-state index contributed by atoms with van der Waals surface area (Å²) in [5, 5.41) is 0. The van der Waals surface area contributed by atoms with Crippen molar-refractivity contribution >= 4 is 49.2 Å². The Balaban J connectivity index is 2.64. The highest BCUT2D eigenvalue weighted by atomic mass is 79.9. The molecule has 1 aromatic heterocycles. The van der Waals surface area contributed by atoms with E-state index in [4.69, 9.17) is 9.47 Å². The maximum atomic E-state index is 11.8. The largest absolute Gasteiger partial charge is 0.496 e. The zero-order chi connectivity index (χ0) is 14.0. The third-order valence-electron chi connectivity index (χ3n) is 2.39. The number of aromatic nitrogens is 1. The van der Waals surface area contributed by atoms with Crippen molar-refractivity contribution in [1.82, 2.24) is 4.98 Å². The van der Waals surface area contributed by atoms with Gasteiger partial charge >= 0.3 is 5.97 Å². The minimum atomic E-state index is -0.473. The van der Waals surface area contributed by atoms with Crippen molar-refractivity contribution in [1.29, 1.82) is 0 Å². The number of carbonyl (C=O) groups excluding carboxylic acids is 1. The summed E-state index contributed by atoms with van der Waals surface area (Å²) in [7, 11) is 2.91. The third kappa shape index (κ3) is 2.98. The summed E-state index contributed by atoms with van der Waals surface area (Å²) in [5.74, 6) is 0.198. The lowest BCUT2D eigenvalue weighted by Crippen LogP contribution is -2.03. The maximum Gasteiger partial charge on any atom is 0.358 e. The number of carbonyl (C=O) groups is 1. The summed E-state index contributed by atoms with van der Waals surface area (Å²) in [6, 6.07) is 5.58. The van der Waals surface area contributed by atoms with Crippen LogP contribution in [0.4, 0.5) is 0 Å². The first-order chi connectivity index (χ1) is 9.06. The predicted molar refractivity (Wildman–Crippen MR) is 80.8 cm³/mol. The number of esters is 1. The van der Waals surface area contributed by atoms with Gasteiger partial charge in [-0.25, -0.2) is 9.78 Å². The van der Waals surface area contributed by atoms with E-state index in [1.165, 1.54) is 18.4 Å². The maximum absolute atomic E-state index is 11.8. The molecule has 0 bridgehead atoms. The van der Waals surface area contributed by atoms with Gasteiger partial charge in [0.1, 0.15) is 5.75 Å². The van der Waals surface area contributed by atoms with Gasteiger partial charge in [-0.3, -0.25) is 0 Å². The second kappa shape index (κ2) is 6.02. The third-order valence-corrected chi connectivity index (χ3v) is 4.42. The van der Waals surface area contributed by atoms with E-state index in [0.717, 1.165) is 10.0 Å². The van der Waals surface area contributed by atoms with Crippen LogP contribution in [0.3, 0.4) is 0 Å². The Labute approximate surface area is 131 Å². The molecule has 0 radical (unpaired) electrons. The Morgan fingerprint density at radius 1 is 1.32 bits per heavy atom. The molecule has 0 aliphatic heterocycles. The number of thiazole rings is 1. The fourth-order valence-corrected chi connectivity index (χ4v) is 3.39. The zero-order valence-electron chi connectivity index (χ0n) is 10.1. The molecule has 0 aliphatic rings. The molecule has 1 aromatic carbocycles. The number of halogens is 2. The summed E-state index contributed by atoms with van der Waals surface area (Å²) in [6.45, 7) is 0. The molecule has 0 fully saturated rings. The second-order valence-corrected chi connectivity index (χ2v) is 6.67. The van der Waals surface area contributed by atoms with Gasteiger partial charge < -0.3 is 9.47 Å². The summed E-state index contributed by atoms with van der Waals surface area (Å²) in [5.41, 5.74) is 1.07. The fourth-order valence-electron chi connectivity index (χ4n) is 1.57. The lowest BCUT2D eigenvalue weighted by molar-refractivity contribution is 0.0595. The van der Waals surface area contributed by atoms with Crippen LogP contribution in [0.1, 0.15) is 10.5 Å². The van der Waals surface area contributed by atoms with E-state index in [-0.39, 0.29) is 5.69 Å². The van der Waals surface area contributed by atoms with E-state index in [1.54, 1.807) is 7.11 Å². The minimum absolute atomic E-state index is 0.274. The normalized spacial score (nSPS) is 10.3. The fraction of sp³-hybridized carbons (Fsp3) is 0.167. The van der Waals surface area contributed by atoms with Crippen LogP contribution >= 0.6 is 43.2 Å². The standard InChI is InChI=1S/C12H9Br2NO3S/c1-17-8-4-3-6(13)5-7(8)10-9(11(16)18-2)15-12(14)19-10/h3-5H,1-2H3. The van der Waals surface area contributed by atoms with E-state index in [1.807, 2.05) is 18.2 Å². The van der Waals surface area contributed by atoms with Gasteiger partial charge in [0.15, 0.2) is 9.61 Å². The average Bonchev–Trinajstić information content (AvgIpc) is 2.79. The predicted octanol–water partition coefficient (Wildman–Crippen LogP) is 4.13. The first-order valence-electron chi connectivity index (χ1n) is 5.15. The molecule has 2 rings (SSSR count). The second-order valence-electron chi connectivity index (χ2n) is 3.48. The van der Waals surface area contributed by atoms with Crippen molar-refractivity contribution in [2.24, 2.45) is 0 Å². The Kier molecular flexibility index (Phi) is 4.59. The van der Waals surface area contributed by atoms with Crippen molar-refractivity contribution in [3.05, 3.63) is 32.3 Å². The van der Waals surface area contributed by atoms with E-state index >= 15 is 0 Å². The van der Waals surface area contributed by atoms with Crippen molar-refractivity contribution in [2.75, 3.05) is 14.2 Å². The molecule has 4 nitrogen and oxygen atoms in total. The molecule has 0 amide bonds. The summed E-state index contributed by atoms with van der Waals surface area (Å²) < 4.78 is 11.6. The SMILES string of the molecule is COC(=O)c1nc(Br)sc1-c1cc(Br)ccc1OC. The molecular formula is C12H9Br2NO3S. The number of hydrogen-bond acceptors (Lipinski definition) is 5. The lowest BCUT2D eigenvalue weighted by atomic mass is 10.1. The van der Waals surface area contributed by atoms with Crippen molar-refractivity contribution in [3.8, 4) is 16.2 Å². The summed E-state index contributed by atoms with van der Waals surface area (Å²) in [4.78, 5) is 16.6. The Hall–Kier alpha value is -0.920. The monoisotopic (exact) mass is 405 g/mol. The van der Waals surface area contributed by atoms with E-state index in [0.29, 0.717) is 14.5 Å². The Bertz CT molecular complexity index is 627. The number of ether oxygens (including phenoxy) is 2. The van der Waals surface area contributed by atoms with Crippen molar-refractivity contribution in [3.63, 3.8) is 0 Å². The Morgan fingerprint density at radius 2 is 2.05 bits per heavy atom. The highest BCUT2D eigenvalue weighted by Crippen LogP contribution is 2.39. The first kappa shape index (κ1) is 14.5. The lowest BCUT2D eigenvalue weighted by Gasteiger charge is -2.08. The highest BCUT2D eigenvalue weighted by Gasteiger charge is 2.22. The van der Waals surface area contributed by atoms with Gasteiger partial charge in [-0.1, -0.05) is 15.9 Å². The van der Waals surface area contributed by atoms with Gasteiger partial charge in [0, 0.05) is 10.0 Å². The van der Waals surface area contributed by atoms with E-state index in [2.05, 4.69) is 36.8 Å². The molecule has 0 saturated carbocycles. The van der Waals surface area contributed by atoms with Crippen LogP contribution in [0.2, 0.25) is 0 Å². The number of rotatable bonds is 3. The molecular weight excluding hydrogens is 398 g/mol. The molecule has 0 aliphatic carbocycles. The van der Waals surface area contributed by atoms with Crippen molar-refractivity contribution in [2.45, 2.75) is 0 Å². The molecule has 0 N–H and O–H groups in total. The molecule has 7 heteroatoms. The van der Waals surface area contributed by atoms with Crippen LogP contribution in [0.5, 0.6) is 5.75 Å². The highest BCUT2D eigenvalue weighted by molar-refractivity contribution is 9.11. The molecule has 100 valence electrons. The van der Waals surface area contributed by atoms with Crippen LogP contribution in [0.15, 0.2) is 26.6 Å². The molecule has 0 spiro atoms. The van der Waals surface area contributed by atoms with Gasteiger partial charge in [0.05, 0.1) is 19.1 Å². The number of benzene rings is 1. The zero-order valence-corrected chi connectivity index (χ0v) is 14.1. The van der Waals surface area contributed by atoms with Gasteiger partial charge in [0.25, 0.3) is 0 Å². The van der Waals surface area contributed by atoms with Crippen molar-refractivity contribution < 1.29 is 14.3 Å². The van der Waals surface area contributed by atoms with Crippen LogP contribution in [0.25, 0.3) is 10.4 Å². The molecule has 19 heavy (non-hydrogen) atoms. The molecule has 0 unspecified atom stereocenters. The summed E-state index contributed by atoms with van der Waals surface area (Å²) >= 11 is 8.05. The van der Waals surface area contributed by atoms with Crippen LogP contribution < -0.4 is 4.74 Å². The van der Waals surface area contributed by atoms with Gasteiger partial charge in [-0.05, 0) is 34.1 Å². The minimum Gasteiger partial charge on any atom is -0.496 e. The number of methoxy groups -OCH3 is 2. The molecule has 0 atom stereocenters. The van der Waals surface area contributed by atoms with Gasteiger partial charge in [0.2, 0.25) is 0 Å². The quantitative estimate of drug-likeness (QED) is 0.719. The van der Waals surface area contributed by atoms with E-state index in [9.17, 15) is 4.79 Å². The first-order valence-corrected chi connectivity index (χ1v) is 7.55. The Morgan fingerprint density at radius 3 is 2.68 bits per heavy atom. The smallest absolute Gasteiger partial charge is 0.358 e. The van der Waals surface area contributed by atoms with Crippen LogP contribution in [-0.4, -0.2) is 25.2 Å². The topological polar surface area (TPSA) is 48.4 Å².